The Morgan fingerprint density at radius 3 is 2.74 bits per heavy atom. The number of anilines is 1. The van der Waals surface area contributed by atoms with Gasteiger partial charge in [0, 0.05) is 17.8 Å². The maximum Gasteiger partial charge on any atom is 0.317 e. The highest BCUT2D eigenvalue weighted by atomic mass is 16.5. The summed E-state index contributed by atoms with van der Waals surface area (Å²) in [4.78, 5) is 27.5. The normalized spacial score (nSPS) is 32.3. The minimum absolute atomic E-state index is 0.0206. The van der Waals surface area contributed by atoms with E-state index in [9.17, 15) is 9.59 Å². The molecule has 2 atom stereocenters. The molecule has 1 spiro atoms. The molecule has 6 heteroatoms. The number of fused-ring (bicyclic) bond motifs is 2. The van der Waals surface area contributed by atoms with Crippen LogP contribution in [-0.4, -0.2) is 36.1 Å². The number of carbonyl (C=O) groups excluding carboxylic acids is 2. The van der Waals surface area contributed by atoms with E-state index < -0.39 is 5.41 Å². The summed E-state index contributed by atoms with van der Waals surface area (Å²) in [5.41, 5.74) is 9.55. The summed E-state index contributed by atoms with van der Waals surface area (Å²) in [5.74, 6) is -0.189. The van der Waals surface area contributed by atoms with Crippen LogP contribution < -0.4 is 11.1 Å². The number of carbonyl (C=O) groups is 2. The van der Waals surface area contributed by atoms with E-state index in [1.165, 1.54) is 0 Å². The van der Waals surface area contributed by atoms with Gasteiger partial charge in [0.15, 0.2) is 0 Å². The second-order valence-electron chi connectivity index (χ2n) is 8.60. The Morgan fingerprint density at radius 1 is 1.30 bits per heavy atom. The van der Waals surface area contributed by atoms with Crippen LogP contribution in [0.3, 0.4) is 0 Å². The molecule has 1 aliphatic carbocycles. The van der Waals surface area contributed by atoms with E-state index in [1.807, 2.05) is 35.2 Å². The molecule has 3 N–H and O–H groups in total. The van der Waals surface area contributed by atoms with Crippen LogP contribution in [0.2, 0.25) is 0 Å². The van der Waals surface area contributed by atoms with Gasteiger partial charge in [-0.2, -0.15) is 0 Å². The quantitative estimate of drug-likeness (QED) is 0.588. The van der Waals surface area contributed by atoms with E-state index in [0.717, 1.165) is 23.3 Å². The van der Waals surface area contributed by atoms with Crippen LogP contribution in [0.5, 0.6) is 0 Å². The average Bonchev–Trinajstić information content (AvgIpc) is 2.98. The van der Waals surface area contributed by atoms with Gasteiger partial charge in [0.2, 0.25) is 0 Å². The molecular weight excluding hydrogens is 342 g/mol. The van der Waals surface area contributed by atoms with Crippen molar-refractivity contribution >= 4 is 23.6 Å². The van der Waals surface area contributed by atoms with Crippen molar-refractivity contribution in [1.29, 1.82) is 0 Å². The van der Waals surface area contributed by atoms with E-state index in [4.69, 9.17) is 10.5 Å². The largest absolute Gasteiger partial charge is 0.460 e. The average molecular weight is 365 g/mol. The van der Waals surface area contributed by atoms with Gasteiger partial charge >= 0.3 is 5.97 Å². The van der Waals surface area contributed by atoms with Gasteiger partial charge in [-0.25, -0.2) is 0 Å². The second kappa shape index (κ2) is 5.15. The van der Waals surface area contributed by atoms with E-state index in [-0.39, 0.29) is 30.1 Å². The summed E-state index contributed by atoms with van der Waals surface area (Å²) in [6, 6.07) is 7.67. The lowest BCUT2D eigenvalue weighted by molar-refractivity contribution is -0.152. The summed E-state index contributed by atoms with van der Waals surface area (Å²) >= 11 is 0. The fraction of sp³-hybridized carbons (Fsp3) is 0.429. The Balaban J connectivity index is 1.47. The van der Waals surface area contributed by atoms with Crippen molar-refractivity contribution in [3.8, 4) is 0 Å². The molecule has 2 unspecified atom stereocenters. The third kappa shape index (κ3) is 2.13. The van der Waals surface area contributed by atoms with Gasteiger partial charge in [-0.1, -0.05) is 32.0 Å². The lowest BCUT2D eigenvalue weighted by Gasteiger charge is -2.38. The fourth-order valence-corrected chi connectivity index (χ4v) is 4.99. The molecule has 1 aromatic carbocycles. The summed E-state index contributed by atoms with van der Waals surface area (Å²) in [5, 5.41) is 3.46. The topological polar surface area (TPSA) is 84.7 Å². The Kier molecular flexibility index (Phi) is 3.13. The van der Waals surface area contributed by atoms with E-state index in [1.54, 1.807) is 0 Å². The van der Waals surface area contributed by atoms with Crippen LogP contribution >= 0.6 is 0 Å². The van der Waals surface area contributed by atoms with Crippen molar-refractivity contribution < 1.29 is 14.3 Å². The highest BCUT2D eigenvalue weighted by Gasteiger charge is 2.72. The Hall–Kier alpha value is -2.76. The number of hydrogen-bond acceptors (Lipinski definition) is 5. The molecule has 140 valence electrons. The molecule has 0 radical (unpaired) electrons. The van der Waals surface area contributed by atoms with Crippen molar-refractivity contribution in [3.05, 3.63) is 46.7 Å². The predicted molar refractivity (Wildman–Crippen MR) is 101 cm³/mol. The van der Waals surface area contributed by atoms with Gasteiger partial charge in [0.05, 0.1) is 17.5 Å². The second-order valence-corrected chi connectivity index (χ2v) is 8.60. The molecule has 4 aliphatic rings. The highest BCUT2D eigenvalue weighted by Crippen LogP contribution is 2.70. The maximum atomic E-state index is 13.1. The molecular formula is C21H23N3O3. The number of rotatable bonds is 1. The summed E-state index contributed by atoms with van der Waals surface area (Å²) < 4.78 is 5.42. The first kappa shape index (κ1) is 16.4. The van der Waals surface area contributed by atoms with Gasteiger partial charge in [-0.3, -0.25) is 9.59 Å². The van der Waals surface area contributed by atoms with E-state index >= 15 is 0 Å². The lowest BCUT2D eigenvalue weighted by atomic mass is 9.78. The van der Waals surface area contributed by atoms with E-state index in [0.29, 0.717) is 24.2 Å². The zero-order valence-electron chi connectivity index (χ0n) is 15.5. The van der Waals surface area contributed by atoms with Crippen LogP contribution in [-0.2, 0) is 14.3 Å². The number of nitrogens with two attached hydrogens (primary N) is 1. The van der Waals surface area contributed by atoms with Gasteiger partial charge in [-0.15, -0.1) is 0 Å². The molecule has 1 aromatic rings. The van der Waals surface area contributed by atoms with Crippen molar-refractivity contribution in [3.63, 3.8) is 0 Å². The number of para-hydroxylation sites is 1. The minimum atomic E-state index is -0.611. The summed E-state index contributed by atoms with van der Waals surface area (Å²) in [6.07, 6.45) is 3.30. The molecule has 27 heavy (non-hydrogen) atoms. The molecule has 0 bridgehead atoms. The molecule has 3 aliphatic heterocycles. The SMILES string of the molecule is CC1(C)CC12C(=O)OCC1=C2CC2N/C(=C\c3ccccc3N)CN2C1=O. The number of benzene rings is 1. The first-order valence-corrected chi connectivity index (χ1v) is 9.36. The first-order valence-electron chi connectivity index (χ1n) is 9.36. The molecule has 5 rings (SSSR count). The van der Waals surface area contributed by atoms with Crippen molar-refractivity contribution in [2.45, 2.75) is 32.9 Å². The summed E-state index contributed by atoms with van der Waals surface area (Å²) in [7, 11) is 0. The number of nitrogens with one attached hydrogen (secondary N) is 1. The number of esters is 1. The van der Waals surface area contributed by atoms with Gasteiger partial charge in [0.25, 0.3) is 5.91 Å². The fourth-order valence-electron chi connectivity index (χ4n) is 4.99. The molecule has 6 nitrogen and oxygen atoms in total. The number of nitrogens with zero attached hydrogens (tertiary/aromatic N) is 1. The zero-order chi connectivity index (χ0) is 19.0. The number of hydrogen-bond donors (Lipinski definition) is 2. The standard InChI is InChI=1S/C21H23N3O3/c1-20(2)11-21(20)15-8-17-23-13(7-12-5-3-4-6-16(12)22)9-24(17)18(25)14(15)10-27-19(21)26/h3-7,17,23H,8-11,22H2,1-2H3/b13-7-. The molecule has 3 heterocycles. The zero-order valence-corrected chi connectivity index (χ0v) is 15.5. The van der Waals surface area contributed by atoms with Crippen LogP contribution in [0, 0.1) is 10.8 Å². The van der Waals surface area contributed by atoms with Crippen molar-refractivity contribution in [2.24, 2.45) is 10.8 Å². The Morgan fingerprint density at radius 2 is 2.04 bits per heavy atom. The Labute approximate surface area is 158 Å². The first-order chi connectivity index (χ1) is 12.8. The van der Waals surface area contributed by atoms with Crippen molar-refractivity contribution in [2.75, 3.05) is 18.9 Å². The molecule has 0 aromatic heterocycles. The van der Waals surface area contributed by atoms with Gasteiger partial charge in [-0.05, 0) is 35.1 Å². The smallest absolute Gasteiger partial charge is 0.317 e. The van der Waals surface area contributed by atoms with Crippen LogP contribution in [0.15, 0.2) is 41.1 Å². The number of amides is 1. The molecule has 2 fully saturated rings. The van der Waals surface area contributed by atoms with Gasteiger partial charge in [0.1, 0.15) is 12.8 Å². The van der Waals surface area contributed by atoms with Crippen LogP contribution in [0.1, 0.15) is 32.3 Å². The summed E-state index contributed by atoms with van der Waals surface area (Å²) in [6.45, 7) is 4.76. The number of ether oxygens (including phenoxy) is 1. The third-order valence-electron chi connectivity index (χ3n) is 6.62. The predicted octanol–water partition coefficient (Wildman–Crippen LogP) is 2.04. The van der Waals surface area contributed by atoms with Crippen molar-refractivity contribution in [1.82, 2.24) is 10.2 Å². The highest BCUT2D eigenvalue weighted by molar-refractivity contribution is 6.01. The van der Waals surface area contributed by atoms with Crippen LogP contribution in [0.25, 0.3) is 6.08 Å². The lowest BCUT2D eigenvalue weighted by Crippen LogP contribution is -2.49. The molecule has 1 saturated heterocycles. The monoisotopic (exact) mass is 365 g/mol. The van der Waals surface area contributed by atoms with E-state index in [2.05, 4.69) is 19.2 Å². The third-order valence-corrected chi connectivity index (χ3v) is 6.62. The number of cyclic esters (lactones) is 1. The number of nitrogen functional groups attached to an aromatic ring is 1. The Bertz CT molecular complexity index is 946. The molecule has 1 amide bonds. The van der Waals surface area contributed by atoms with Crippen LogP contribution in [0.4, 0.5) is 5.69 Å². The van der Waals surface area contributed by atoms with Gasteiger partial charge < -0.3 is 20.7 Å². The molecule has 1 saturated carbocycles. The maximum absolute atomic E-state index is 13.1. The minimum Gasteiger partial charge on any atom is -0.460 e.